The molecule has 0 saturated heterocycles. The molecule has 0 radical (unpaired) electrons. The van der Waals surface area contributed by atoms with E-state index in [0.29, 0.717) is 22.8 Å². The maximum absolute atomic E-state index is 12.0. The van der Waals surface area contributed by atoms with Gasteiger partial charge in [0, 0.05) is 6.54 Å². The molecule has 4 heteroatoms. The van der Waals surface area contributed by atoms with Crippen LogP contribution < -0.4 is 11.1 Å². The van der Waals surface area contributed by atoms with Crippen molar-refractivity contribution in [2.45, 2.75) is 32.1 Å². The Balaban J connectivity index is 1.87. The predicted octanol–water partition coefficient (Wildman–Crippen LogP) is 3.54. The normalized spacial score (nSPS) is 14.9. The Morgan fingerprint density at radius 3 is 2.95 bits per heavy atom. The van der Waals surface area contributed by atoms with E-state index in [9.17, 15) is 4.79 Å². The van der Waals surface area contributed by atoms with Gasteiger partial charge in [-0.15, -0.1) is 0 Å². The molecule has 1 aliphatic rings. The molecule has 0 aliphatic heterocycles. The second-order valence-electron chi connectivity index (χ2n) is 4.82. The smallest absolute Gasteiger partial charge is 0.252 e. The number of anilines is 1. The van der Waals surface area contributed by atoms with Crippen LogP contribution in [0.3, 0.4) is 0 Å². The maximum Gasteiger partial charge on any atom is 0.252 e. The van der Waals surface area contributed by atoms with E-state index in [0.717, 1.165) is 12.8 Å². The lowest BCUT2D eigenvalue weighted by atomic mass is 9.97. The van der Waals surface area contributed by atoms with Crippen LogP contribution in [-0.4, -0.2) is 12.5 Å². The van der Waals surface area contributed by atoms with Crippen LogP contribution in [0.5, 0.6) is 0 Å². The quantitative estimate of drug-likeness (QED) is 0.654. The minimum Gasteiger partial charge on any atom is -0.398 e. The molecular weight excluding hydrogens is 260 g/mol. The number of carbonyl (C=O) groups excluding carboxylic acids is 1. The van der Waals surface area contributed by atoms with Crippen molar-refractivity contribution in [3.63, 3.8) is 0 Å². The highest BCUT2D eigenvalue weighted by Gasteiger charge is 2.12. The fraction of sp³-hybridized carbons (Fsp3) is 0.400. The number of nitrogen functional groups attached to an aromatic ring is 1. The van der Waals surface area contributed by atoms with Gasteiger partial charge in [-0.1, -0.05) is 29.3 Å². The van der Waals surface area contributed by atoms with Crippen LogP contribution in [0.4, 0.5) is 5.69 Å². The van der Waals surface area contributed by atoms with E-state index >= 15 is 0 Å². The number of benzene rings is 1. The molecular formula is C15H19ClN2O. The Hall–Kier alpha value is -1.48. The van der Waals surface area contributed by atoms with Gasteiger partial charge in [-0.3, -0.25) is 4.79 Å². The van der Waals surface area contributed by atoms with Crippen molar-refractivity contribution < 1.29 is 4.79 Å². The topological polar surface area (TPSA) is 55.1 Å². The van der Waals surface area contributed by atoms with Crippen molar-refractivity contribution in [1.82, 2.24) is 5.32 Å². The Bertz CT molecular complexity index is 497. The molecule has 0 aromatic heterocycles. The lowest BCUT2D eigenvalue weighted by molar-refractivity contribution is 0.0954. The summed E-state index contributed by atoms with van der Waals surface area (Å²) < 4.78 is 0. The molecule has 3 nitrogen and oxygen atoms in total. The zero-order chi connectivity index (χ0) is 13.7. The third kappa shape index (κ3) is 3.74. The average molecular weight is 279 g/mol. The summed E-state index contributed by atoms with van der Waals surface area (Å²) in [5.41, 5.74) is 8.01. The van der Waals surface area contributed by atoms with Crippen LogP contribution in [0, 0.1) is 0 Å². The van der Waals surface area contributed by atoms with E-state index in [4.69, 9.17) is 17.3 Å². The van der Waals surface area contributed by atoms with Crippen LogP contribution in [0.1, 0.15) is 42.5 Å². The summed E-state index contributed by atoms with van der Waals surface area (Å²) in [5.74, 6) is -0.159. The second kappa shape index (κ2) is 6.62. The molecule has 1 aliphatic carbocycles. The summed E-state index contributed by atoms with van der Waals surface area (Å²) >= 11 is 6.02. The standard InChI is InChI=1S/C15H19ClN2O/c16-14-12(7-4-8-13(14)17)15(19)18-10-9-11-5-2-1-3-6-11/h4-5,7-8H,1-3,6,9-10,17H2,(H,18,19). The highest BCUT2D eigenvalue weighted by molar-refractivity contribution is 6.36. The highest BCUT2D eigenvalue weighted by Crippen LogP contribution is 2.23. The van der Waals surface area contributed by atoms with Crippen LogP contribution in [0.2, 0.25) is 5.02 Å². The number of rotatable bonds is 4. The molecule has 3 N–H and O–H groups in total. The number of halogens is 1. The molecule has 0 saturated carbocycles. The van der Waals surface area contributed by atoms with Gasteiger partial charge >= 0.3 is 0 Å². The molecule has 19 heavy (non-hydrogen) atoms. The van der Waals surface area contributed by atoms with Gasteiger partial charge in [0.1, 0.15) is 0 Å². The number of hydrogen-bond donors (Lipinski definition) is 2. The van der Waals surface area contributed by atoms with Crippen LogP contribution >= 0.6 is 11.6 Å². The van der Waals surface area contributed by atoms with Crippen molar-refractivity contribution in [3.8, 4) is 0 Å². The maximum atomic E-state index is 12.0. The Morgan fingerprint density at radius 2 is 2.21 bits per heavy atom. The van der Waals surface area contributed by atoms with Gasteiger partial charge < -0.3 is 11.1 Å². The fourth-order valence-corrected chi connectivity index (χ4v) is 2.50. The lowest BCUT2D eigenvalue weighted by Gasteiger charge is -2.13. The molecule has 2 rings (SSSR count). The van der Waals surface area contributed by atoms with E-state index in [-0.39, 0.29) is 5.91 Å². The Kier molecular flexibility index (Phi) is 4.86. The minimum atomic E-state index is -0.159. The summed E-state index contributed by atoms with van der Waals surface area (Å²) in [6.07, 6.45) is 8.10. The van der Waals surface area contributed by atoms with Crippen molar-refractivity contribution >= 4 is 23.2 Å². The van der Waals surface area contributed by atoms with Crippen molar-refractivity contribution in [3.05, 3.63) is 40.4 Å². The summed E-state index contributed by atoms with van der Waals surface area (Å²) in [7, 11) is 0. The third-order valence-corrected chi connectivity index (χ3v) is 3.81. The number of amides is 1. The Morgan fingerprint density at radius 1 is 1.37 bits per heavy atom. The number of nitrogens with one attached hydrogen (secondary N) is 1. The van der Waals surface area contributed by atoms with E-state index in [1.165, 1.54) is 24.8 Å². The first-order valence-corrected chi connectivity index (χ1v) is 7.06. The van der Waals surface area contributed by atoms with Gasteiger partial charge in [-0.25, -0.2) is 0 Å². The van der Waals surface area contributed by atoms with Crippen LogP contribution in [-0.2, 0) is 0 Å². The molecule has 0 fully saturated rings. The summed E-state index contributed by atoms with van der Waals surface area (Å²) in [6, 6.07) is 5.11. The zero-order valence-corrected chi connectivity index (χ0v) is 11.7. The molecule has 0 atom stereocenters. The molecule has 0 unspecified atom stereocenters. The first-order valence-electron chi connectivity index (χ1n) is 6.68. The first-order chi connectivity index (χ1) is 9.18. The predicted molar refractivity (Wildman–Crippen MR) is 79.4 cm³/mol. The first kappa shape index (κ1) is 13.9. The highest BCUT2D eigenvalue weighted by atomic mass is 35.5. The van der Waals surface area contributed by atoms with E-state index in [1.54, 1.807) is 18.2 Å². The summed E-state index contributed by atoms with van der Waals surface area (Å²) in [5, 5.41) is 3.22. The molecule has 1 aromatic rings. The van der Waals surface area contributed by atoms with Crippen molar-refractivity contribution in [2.75, 3.05) is 12.3 Å². The summed E-state index contributed by atoms with van der Waals surface area (Å²) in [6.45, 7) is 0.649. The molecule has 0 spiro atoms. The number of hydrogen-bond acceptors (Lipinski definition) is 2. The van der Waals surface area contributed by atoms with Crippen molar-refractivity contribution in [2.24, 2.45) is 0 Å². The molecule has 1 amide bonds. The van der Waals surface area contributed by atoms with Gasteiger partial charge in [0.25, 0.3) is 5.91 Å². The van der Waals surface area contributed by atoms with Crippen LogP contribution in [0.15, 0.2) is 29.8 Å². The van der Waals surface area contributed by atoms with E-state index < -0.39 is 0 Å². The van der Waals surface area contributed by atoms with Gasteiger partial charge in [0.05, 0.1) is 16.3 Å². The number of carbonyl (C=O) groups is 1. The van der Waals surface area contributed by atoms with E-state index in [2.05, 4.69) is 11.4 Å². The number of nitrogens with two attached hydrogens (primary N) is 1. The second-order valence-corrected chi connectivity index (χ2v) is 5.20. The van der Waals surface area contributed by atoms with Crippen LogP contribution in [0.25, 0.3) is 0 Å². The zero-order valence-electron chi connectivity index (χ0n) is 10.9. The Labute approximate surface area is 118 Å². The van der Waals surface area contributed by atoms with Crippen molar-refractivity contribution in [1.29, 1.82) is 0 Å². The summed E-state index contributed by atoms with van der Waals surface area (Å²) in [4.78, 5) is 12.0. The van der Waals surface area contributed by atoms with Gasteiger partial charge in [0.2, 0.25) is 0 Å². The van der Waals surface area contributed by atoms with Gasteiger partial charge in [0.15, 0.2) is 0 Å². The van der Waals surface area contributed by atoms with Gasteiger partial charge in [-0.05, 0) is 44.2 Å². The molecule has 1 aromatic carbocycles. The largest absolute Gasteiger partial charge is 0.398 e. The van der Waals surface area contributed by atoms with Gasteiger partial charge in [-0.2, -0.15) is 0 Å². The molecule has 102 valence electrons. The molecule has 0 bridgehead atoms. The monoisotopic (exact) mass is 278 g/mol. The minimum absolute atomic E-state index is 0.159. The third-order valence-electron chi connectivity index (χ3n) is 3.39. The SMILES string of the molecule is Nc1cccc(C(=O)NCCC2=CCCCC2)c1Cl. The number of allylic oxidation sites excluding steroid dienone is 1. The fourth-order valence-electron chi connectivity index (χ4n) is 2.29. The molecule has 0 heterocycles. The average Bonchev–Trinajstić information content (AvgIpc) is 2.43. The lowest BCUT2D eigenvalue weighted by Crippen LogP contribution is -2.25. The van der Waals surface area contributed by atoms with E-state index in [1.807, 2.05) is 0 Å².